The number of carboxylic acid groups (broad SMARTS) is 1. The van der Waals surface area contributed by atoms with Crippen LogP contribution in [0, 0.1) is 5.82 Å². The van der Waals surface area contributed by atoms with E-state index in [1.807, 2.05) is 0 Å². The number of carbonyl (C=O) groups is 1. The number of hydrogen-bond acceptors (Lipinski definition) is 4. The van der Waals surface area contributed by atoms with Gasteiger partial charge in [0.1, 0.15) is 22.8 Å². The number of rotatable bonds is 3. The maximum atomic E-state index is 13.3. The minimum Gasteiger partial charge on any atom is -0.478 e. The Hall–Kier alpha value is -3.09. The smallest absolute Gasteiger partial charge is 0.339 e. The SMILES string of the molecule is O=C(O)c1cn(-c2cccc(F)c2)nc1-c1cnccn1. The number of benzene rings is 1. The highest BCUT2D eigenvalue weighted by molar-refractivity contribution is 5.94. The van der Waals surface area contributed by atoms with Crippen LogP contribution in [0.1, 0.15) is 10.4 Å². The van der Waals surface area contributed by atoms with Gasteiger partial charge in [0.05, 0.1) is 11.9 Å². The lowest BCUT2D eigenvalue weighted by Gasteiger charge is -2.00. The van der Waals surface area contributed by atoms with Gasteiger partial charge in [-0.1, -0.05) is 6.07 Å². The summed E-state index contributed by atoms with van der Waals surface area (Å²) in [4.78, 5) is 19.3. The summed E-state index contributed by atoms with van der Waals surface area (Å²) in [5.74, 6) is -1.57. The molecule has 0 saturated heterocycles. The molecule has 0 fully saturated rings. The van der Waals surface area contributed by atoms with Crippen molar-refractivity contribution in [3.05, 3.63) is 60.4 Å². The first kappa shape index (κ1) is 12.9. The van der Waals surface area contributed by atoms with Gasteiger partial charge in [0.15, 0.2) is 0 Å². The van der Waals surface area contributed by atoms with Crippen molar-refractivity contribution >= 4 is 5.97 Å². The molecule has 3 rings (SSSR count). The van der Waals surface area contributed by atoms with E-state index in [2.05, 4.69) is 15.1 Å². The van der Waals surface area contributed by atoms with Crippen molar-refractivity contribution in [1.29, 1.82) is 0 Å². The van der Waals surface area contributed by atoms with Crippen LogP contribution in [0.4, 0.5) is 4.39 Å². The van der Waals surface area contributed by atoms with Crippen LogP contribution in [0.3, 0.4) is 0 Å². The standard InChI is InChI=1S/C14H9FN4O2/c15-9-2-1-3-10(6-9)19-8-11(14(20)21)13(18-19)12-7-16-4-5-17-12/h1-8H,(H,20,21). The summed E-state index contributed by atoms with van der Waals surface area (Å²) in [7, 11) is 0. The predicted octanol–water partition coefficient (Wildman–Crippen LogP) is 2.17. The summed E-state index contributed by atoms with van der Waals surface area (Å²) in [5, 5.41) is 13.4. The summed E-state index contributed by atoms with van der Waals surface area (Å²) in [6, 6.07) is 5.71. The van der Waals surface area contributed by atoms with Crippen LogP contribution in [0.15, 0.2) is 49.1 Å². The summed E-state index contributed by atoms with van der Waals surface area (Å²) in [5.41, 5.74) is 0.914. The zero-order chi connectivity index (χ0) is 14.8. The van der Waals surface area contributed by atoms with Crippen molar-refractivity contribution in [3.63, 3.8) is 0 Å². The third-order valence-corrected chi connectivity index (χ3v) is 2.82. The van der Waals surface area contributed by atoms with Gasteiger partial charge in [-0.25, -0.2) is 13.9 Å². The highest BCUT2D eigenvalue weighted by Gasteiger charge is 2.18. The van der Waals surface area contributed by atoms with Crippen molar-refractivity contribution in [3.8, 4) is 17.1 Å². The zero-order valence-electron chi connectivity index (χ0n) is 10.6. The van der Waals surface area contributed by atoms with Gasteiger partial charge < -0.3 is 5.11 Å². The van der Waals surface area contributed by atoms with Gasteiger partial charge in [-0.05, 0) is 18.2 Å². The second-order valence-electron chi connectivity index (χ2n) is 4.21. The lowest BCUT2D eigenvalue weighted by Crippen LogP contribution is -1.97. The highest BCUT2D eigenvalue weighted by Crippen LogP contribution is 2.21. The van der Waals surface area contributed by atoms with E-state index >= 15 is 0 Å². The molecule has 0 unspecified atom stereocenters. The molecular weight excluding hydrogens is 275 g/mol. The molecule has 0 atom stereocenters. The number of aromatic carboxylic acids is 1. The summed E-state index contributed by atoms with van der Waals surface area (Å²) in [6.07, 6.45) is 5.67. The fraction of sp³-hybridized carbons (Fsp3) is 0. The molecule has 0 saturated carbocycles. The van der Waals surface area contributed by atoms with E-state index in [0.29, 0.717) is 11.4 Å². The molecule has 2 heterocycles. The Labute approximate surface area is 118 Å². The van der Waals surface area contributed by atoms with Crippen molar-refractivity contribution < 1.29 is 14.3 Å². The fourth-order valence-corrected chi connectivity index (χ4v) is 1.89. The molecule has 0 aliphatic rings. The van der Waals surface area contributed by atoms with Crippen molar-refractivity contribution in [1.82, 2.24) is 19.7 Å². The Balaban J connectivity index is 2.15. The first-order chi connectivity index (χ1) is 10.1. The second kappa shape index (κ2) is 5.12. The number of hydrogen-bond donors (Lipinski definition) is 1. The molecular formula is C14H9FN4O2. The van der Waals surface area contributed by atoms with E-state index in [0.717, 1.165) is 0 Å². The first-order valence-corrected chi connectivity index (χ1v) is 6.00. The maximum absolute atomic E-state index is 13.3. The molecule has 21 heavy (non-hydrogen) atoms. The monoisotopic (exact) mass is 284 g/mol. The molecule has 0 bridgehead atoms. The average molecular weight is 284 g/mol. The Morgan fingerprint density at radius 2 is 2.14 bits per heavy atom. The van der Waals surface area contributed by atoms with Crippen LogP contribution in [-0.2, 0) is 0 Å². The lowest BCUT2D eigenvalue weighted by molar-refractivity contribution is 0.0697. The topological polar surface area (TPSA) is 80.9 Å². The Bertz CT molecular complexity index is 802. The molecule has 1 N–H and O–H groups in total. The third-order valence-electron chi connectivity index (χ3n) is 2.82. The molecule has 0 aliphatic carbocycles. The molecule has 0 spiro atoms. The minimum atomic E-state index is -1.14. The van der Waals surface area contributed by atoms with E-state index in [4.69, 9.17) is 0 Å². The van der Waals surface area contributed by atoms with E-state index in [-0.39, 0.29) is 11.3 Å². The molecule has 2 aromatic heterocycles. The molecule has 0 radical (unpaired) electrons. The molecule has 6 nitrogen and oxygen atoms in total. The summed E-state index contributed by atoms with van der Waals surface area (Å²) >= 11 is 0. The number of carboxylic acids is 1. The third kappa shape index (κ3) is 2.48. The first-order valence-electron chi connectivity index (χ1n) is 6.00. The van der Waals surface area contributed by atoms with Gasteiger partial charge in [0, 0.05) is 18.6 Å². The number of halogens is 1. The molecule has 0 aliphatic heterocycles. The van der Waals surface area contributed by atoms with Crippen molar-refractivity contribution in [2.45, 2.75) is 0 Å². The van der Waals surface area contributed by atoms with Crippen molar-refractivity contribution in [2.75, 3.05) is 0 Å². The zero-order valence-corrected chi connectivity index (χ0v) is 10.6. The van der Waals surface area contributed by atoms with Crippen LogP contribution in [0.25, 0.3) is 17.1 Å². The maximum Gasteiger partial charge on any atom is 0.339 e. The van der Waals surface area contributed by atoms with Gasteiger partial charge in [-0.2, -0.15) is 5.10 Å². The van der Waals surface area contributed by atoms with Gasteiger partial charge in [-0.3, -0.25) is 9.97 Å². The number of aromatic nitrogens is 4. The van der Waals surface area contributed by atoms with Gasteiger partial charge >= 0.3 is 5.97 Å². The highest BCUT2D eigenvalue weighted by atomic mass is 19.1. The van der Waals surface area contributed by atoms with Crippen LogP contribution < -0.4 is 0 Å². The lowest BCUT2D eigenvalue weighted by atomic mass is 10.2. The van der Waals surface area contributed by atoms with E-state index in [9.17, 15) is 14.3 Å². The normalized spacial score (nSPS) is 10.5. The summed E-state index contributed by atoms with van der Waals surface area (Å²) < 4.78 is 14.6. The quantitative estimate of drug-likeness (QED) is 0.797. The second-order valence-corrected chi connectivity index (χ2v) is 4.21. The van der Waals surface area contributed by atoms with E-state index < -0.39 is 11.8 Å². The Kier molecular flexibility index (Phi) is 3.15. The molecule has 1 aromatic carbocycles. The number of nitrogens with zero attached hydrogens (tertiary/aromatic N) is 4. The molecule has 104 valence electrons. The van der Waals surface area contributed by atoms with Crippen LogP contribution in [0.5, 0.6) is 0 Å². The summed E-state index contributed by atoms with van der Waals surface area (Å²) in [6.45, 7) is 0. The van der Waals surface area contributed by atoms with Gasteiger partial charge in [0.2, 0.25) is 0 Å². The molecule has 7 heteroatoms. The van der Waals surface area contributed by atoms with Crippen LogP contribution in [-0.4, -0.2) is 30.8 Å². The van der Waals surface area contributed by atoms with E-state index in [1.54, 1.807) is 6.07 Å². The Morgan fingerprint density at radius 3 is 2.81 bits per heavy atom. The van der Waals surface area contributed by atoms with Crippen molar-refractivity contribution in [2.24, 2.45) is 0 Å². The predicted molar refractivity (Wildman–Crippen MR) is 71.5 cm³/mol. The van der Waals surface area contributed by atoms with E-state index in [1.165, 1.54) is 47.7 Å². The molecule has 0 amide bonds. The van der Waals surface area contributed by atoms with Gasteiger partial charge in [0.25, 0.3) is 0 Å². The minimum absolute atomic E-state index is 0.0280. The van der Waals surface area contributed by atoms with Crippen LogP contribution in [0.2, 0.25) is 0 Å². The fourth-order valence-electron chi connectivity index (χ4n) is 1.89. The molecule has 3 aromatic rings. The largest absolute Gasteiger partial charge is 0.478 e. The van der Waals surface area contributed by atoms with Gasteiger partial charge in [-0.15, -0.1) is 0 Å². The Morgan fingerprint density at radius 1 is 1.29 bits per heavy atom. The van der Waals surface area contributed by atoms with Crippen LogP contribution >= 0.6 is 0 Å². The average Bonchev–Trinajstić information content (AvgIpc) is 2.93.